The first-order chi connectivity index (χ1) is 10.2. The van der Waals surface area contributed by atoms with Gasteiger partial charge in [0, 0.05) is 12.6 Å². The summed E-state index contributed by atoms with van der Waals surface area (Å²) in [5.74, 6) is 0.858. The van der Waals surface area contributed by atoms with E-state index >= 15 is 0 Å². The third-order valence-electron chi connectivity index (χ3n) is 3.72. The van der Waals surface area contributed by atoms with Gasteiger partial charge in [0.15, 0.2) is 5.82 Å². The van der Waals surface area contributed by atoms with Crippen molar-refractivity contribution in [2.75, 3.05) is 0 Å². The van der Waals surface area contributed by atoms with E-state index in [-0.39, 0.29) is 0 Å². The smallest absolute Gasteiger partial charge is 0.164 e. The highest BCUT2D eigenvalue weighted by molar-refractivity contribution is 9.10. The summed E-state index contributed by atoms with van der Waals surface area (Å²) in [6, 6.07) is 0.680. The Hall–Kier alpha value is -1.21. The van der Waals surface area contributed by atoms with E-state index in [9.17, 15) is 0 Å². The summed E-state index contributed by atoms with van der Waals surface area (Å²) in [6.07, 6.45) is 5.29. The molecule has 21 heavy (non-hydrogen) atoms. The van der Waals surface area contributed by atoms with Crippen molar-refractivity contribution >= 4 is 15.9 Å². The number of hydrogen-bond donors (Lipinski definition) is 1. The molecule has 7 heteroatoms. The second-order valence-corrected chi connectivity index (χ2v) is 6.18. The van der Waals surface area contributed by atoms with Gasteiger partial charge in [-0.1, -0.05) is 6.92 Å². The first-order valence-electron chi connectivity index (χ1n) is 7.57. The van der Waals surface area contributed by atoms with Crippen LogP contribution >= 0.6 is 15.9 Å². The molecule has 114 valence electrons. The van der Waals surface area contributed by atoms with Crippen molar-refractivity contribution in [3.63, 3.8) is 0 Å². The van der Waals surface area contributed by atoms with E-state index in [2.05, 4.69) is 50.3 Å². The number of hydrogen-bond acceptors (Lipinski definition) is 4. The Bertz CT molecular complexity index is 613. The van der Waals surface area contributed by atoms with Crippen LogP contribution in [0.4, 0.5) is 0 Å². The first kappa shape index (κ1) is 14.7. The maximum absolute atomic E-state index is 4.61. The molecule has 1 N–H and O–H groups in total. The molecule has 1 aliphatic carbocycles. The minimum absolute atomic E-state index is 0.680. The lowest BCUT2D eigenvalue weighted by atomic mass is 10.3. The van der Waals surface area contributed by atoms with E-state index in [0.29, 0.717) is 12.6 Å². The van der Waals surface area contributed by atoms with E-state index in [1.165, 1.54) is 12.8 Å². The Morgan fingerprint density at radius 2 is 2.14 bits per heavy atom. The largest absolute Gasteiger partial charge is 0.307 e. The Morgan fingerprint density at radius 3 is 2.81 bits per heavy atom. The summed E-state index contributed by atoms with van der Waals surface area (Å²) in [7, 11) is 0. The zero-order valence-electron chi connectivity index (χ0n) is 12.5. The minimum Gasteiger partial charge on any atom is -0.307 e. The average molecular weight is 353 g/mol. The van der Waals surface area contributed by atoms with Crippen LogP contribution in [-0.4, -0.2) is 30.6 Å². The second kappa shape index (κ2) is 6.27. The van der Waals surface area contributed by atoms with Crippen molar-refractivity contribution in [1.82, 2.24) is 29.9 Å². The van der Waals surface area contributed by atoms with E-state index < -0.39 is 0 Å². The topological polar surface area (TPSA) is 60.6 Å². The number of aryl methyl sites for hydroxylation is 2. The molecule has 0 aromatic carbocycles. The van der Waals surface area contributed by atoms with Gasteiger partial charge in [0.05, 0.1) is 29.0 Å². The number of halogens is 1. The molecule has 0 spiro atoms. The van der Waals surface area contributed by atoms with Gasteiger partial charge in [0.2, 0.25) is 0 Å². The third kappa shape index (κ3) is 3.35. The maximum atomic E-state index is 4.61. The van der Waals surface area contributed by atoms with Crippen LogP contribution in [0.15, 0.2) is 10.8 Å². The van der Waals surface area contributed by atoms with Crippen molar-refractivity contribution in [3.8, 4) is 0 Å². The lowest BCUT2D eigenvalue weighted by Gasteiger charge is -2.05. The quantitative estimate of drug-likeness (QED) is 0.828. The van der Waals surface area contributed by atoms with Crippen molar-refractivity contribution in [1.29, 1.82) is 0 Å². The zero-order valence-corrected chi connectivity index (χ0v) is 14.1. The van der Waals surface area contributed by atoms with Crippen molar-refractivity contribution < 1.29 is 0 Å². The van der Waals surface area contributed by atoms with E-state index in [1.54, 1.807) is 6.33 Å². The molecule has 1 saturated carbocycles. The molecule has 2 aromatic rings. The third-order valence-corrected chi connectivity index (χ3v) is 4.63. The van der Waals surface area contributed by atoms with E-state index in [4.69, 9.17) is 0 Å². The fraction of sp³-hybridized carbons (Fsp3) is 0.643. The molecule has 1 fully saturated rings. The summed E-state index contributed by atoms with van der Waals surface area (Å²) in [6.45, 7) is 6.53. The van der Waals surface area contributed by atoms with Crippen molar-refractivity contribution in [2.24, 2.45) is 0 Å². The molecule has 2 aromatic heterocycles. The Labute approximate surface area is 133 Å². The molecule has 0 radical (unpaired) electrons. The SMILES string of the molecule is CCc1nn(CC)c(Cn2cnc(CNC3CC3)n2)c1Br. The summed E-state index contributed by atoms with van der Waals surface area (Å²) in [4.78, 5) is 4.37. The molecule has 0 saturated heterocycles. The number of nitrogens with zero attached hydrogens (tertiary/aromatic N) is 5. The summed E-state index contributed by atoms with van der Waals surface area (Å²) in [5, 5.41) is 12.6. The molecule has 0 bridgehead atoms. The van der Waals surface area contributed by atoms with Crippen LogP contribution in [0.1, 0.15) is 43.9 Å². The molecular formula is C14H21BrN6. The van der Waals surface area contributed by atoms with Gasteiger partial charge in [-0.3, -0.25) is 4.68 Å². The molecule has 0 amide bonds. The molecular weight excluding hydrogens is 332 g/mol. The number of nitrogens with one attached hydrogen (secondary N) is 1. The molecule has 0 aliphatic heterocycles. The first-order valence-corrected chi connectivity index (χ1v) is 8.36. The monoisotopic (exact) mass is 352 g/mol. The van der Waals surface area contributed by atoms with Gasteiger partial charge in [-0.25, -0.2) is 9.67 Å². The van der Waals surface area contributed by atoms with Gasteiger partial charge < -0.3 is 5.32 Å². The van der Waals surface area contributed by atoms with Gasteiger partial charge in [0.1, 0.15) is 6.33 Å². The number of rotatable bonds is 7. The predicted molar refractivity (Wildman–Crippen MR) is 84.0 cm³/mol. The molecule has 1 aliphatic rings. The normalized spacial score (nSPS) is 14.8. The lowest BCUT2D eigenvalue weighted by molar-refractivity contribution is 0.565. The highest BCUT2D eigenvalue weighted by Gasteiger charge is 2.21. The van der Waals surface area contributed by atoms with Gasteiger partial charge in [-0.05, 0) is 42.1 Å². The average Bonchev–Trinajstić information content (AvgIpc) is 3.14. The van der Waals surface area contributed by atoms with Crippen molar-refractivity contribution in [3.05, 3.63) is 28.0 Å². The highest BCUT2D eigenvalue weighted by atomic mass is 79.9. The Balaban J connectivity index is 1.71. The molecule has 2 heterocycles. The molecule has 6 nitrogen and oxygen atoms in total. The van der Waals surface area contributed by atoms with Gasteiger partial charge in [0.25, 0.3) is 0 Å². The van der Waals surface area contributed by atoms with Crippen molar-refractivity contribution in [2.45, 2.75) is 58.8 Å². The van der Waals surface area contributed by atoms with E-state index in [0.717, 1.165) is 41.2 Å². The van der Waals surface area contributed by atoms with Crippen LogP contribution in [-0.2, 0) is 26.1 Å². The predicted octanol–water partition coefficient (Wildman–Crippen LogP) is 2.12. The lowest BCUT2D eigenvalue weighted by Crippen LogP contribution is -2.16. The van der Waals surface area contributed by atoms with Crippen LogP contribution in [0.2, 0.25) is 0 Å². The van der Waals surface area contributed by atoms with Gasteiger partial charge in [-0.2, -0.15) is 10.2 Å². The maximum Gasteiger partial charge on any atom is 0.164 e. The summed E-state index contributed by atoms with van der Waals surface area (Å²) < 4.78 is 5.02. The second-order valence-electron chi connectivity index (χ2n) is 5.39. The fourth-order valence-corrected chi connectivity index (χ4v) is 3.02. The van der Waals surface area contributed by atoms with Crippen LogP contribution in [0.5, 0.6) is 0 Å². The van der Waals surface area contributed by atoms with Gasteiger partial charge >= 0.3 is 0 Å². The Kier molecular flexibility index (Phi) is 4.40. The zero-order chi connectivity index (χ0) is 14.8. The van der Waals surface area contributed by atoms with Crippen LogP contribution in [0.3, 0.4) is 0 Å². The van der Waals surface area contributed by atoms with Gasteiger partial charge in [-0.15, -0.1) is 0 Å². The number of aromatic nitrogens is 5. The standard InChI is InChI=1S/C14H21BrN6/c1-3-11-14(15)12(21(4-2)18-11)8-20-9-17-13(19-20)7-16-10-5-6-10/h9-10,16H,3-8H2,1-2H3. The molecule has 0 unspecified atom stereocenters. The Morgan fingerprint density at radius 1 is 1.33 bits per heavy atom. The fourth-order valence-electron chi connectivity index (χ4n) is 2.34. The molecule has 3 rings (SSSR count). The summed E-state index contributed by atoms with van der Waals surface area (Å²) >= 11 is 3.67. The minimum atomic E-state index is 0.680. The van der Waals surface area contributed by atoms with E-state index in [1.807, 2.05) is 9.36 Å². The van der Waals surface area contributed by atoms with Crippen LogP contribution < -0.4 is 5.32 Å². The molecule has 0 atom stereocenters. The van der Waals surface area contributed by atoms with Crippen LogP contribution in [0.25, 0.3) is 0 Å². The summed E-state index contributed by atoms with van der Waals surface area (Å²) in [5.41, 5.74) is 2.25. The van der Waals surface area contributed by atoms with Crippen LogP contribution in [0, 0.1) is 0 Å². The highest BCUT2D eigenvalue weighted by Crippen LogP contribution is 2.23.